The lowest BCUT2D eigenvalue weighted by molar-refractivity contribution is -0.117. The number of hydrogen-bond acceptors (Lipinski definition) is 5. The second-order valence-electron chi connectivity index (χ2n) is 6.91. The Hall–Kier alpha value is -1.71. The number of halogens is 1. The van der Waals surface area contributed by atoms with Gasteiger partial charge in [0.05, 0.1) is 24.0 Å². The van der Waals surface area contributed by atoms with Gasteiger partial charge in [0.15, 0.2) is 15.0 Å². The lowest BCUT2D eigenvalue weighted by Gasteiger charge is -2.24. The van der Waals surface area contributed by atoms with Crippen LogP contribution in [0.1, 0.15) is 10.4 Å². The summed E-state index contributed by atoms with van der Waals surface area (Å²) in [6, 6.07) is 9.91. The molecule has 1 aromatic heterocycles. The van der Waals surface area contributed by atoms with Gasteiger partial charge in [-0.3, -0.25) is 4.79 Å². The lowest BCUT2D eigenvalue weighted by Crippen LogP contribution is -2.39. The molecule has 0 spiro atoms. The number of amidine groups is 1. The van der Waals surface area contributed by atoms with Gasteiger partial charge >= 0.3 is 0 Å². The number of fused-ring (bicyclic) bond motifs is 1. The summed E-state index contributed by atoms with van der Waals surface area (Å²) >= 11 is 2.90. The number of rotatable bonds is 5. The molecule has 2 aliphatic heterocycles. The van der Waals surface area contributed by atoms with Gasteiger partial charge in [0.1, 0.15) is 5.82 Å². The number of sulfone groups is 1. The molecule has 2 atom stereocenters. The van der Waals surface area contributed by atoms with E-state index in [1.54, 1.807) is 12.1 Å². The highest BCUT2D eigenvalue weighted by Crippen LogP contribution is 2.38. The first kappa shape index (κ1) is 19.6. The molecular formula is C19H19FN2O3S3. The van der Waals surface area contributed by atoms with Crippen LogP contribution in [0.15, 0.2) is 46.8 Å². The van der Waals surface area contributed by atoms with Crippen LogP contribution < -0.4 is 0 Å². The molecule has 0 bridgehead atoms. The van der Waals surface area contributed by atoms with Crippen LogP contribution in [0, 0.1) is 5.82 Å². The summed E-state index contributed by atoms with van der Waals surface area (Å²) in [7, 11) is -3.07. The van der Waals surface area contributed by atoms with Gasteiger partial charge in [-0.25, -0.2) is 12.8 Å². The van der Waals surface area contributed by atoms with Crippen LogP contribution in [-0.2, 0) is 27.5 Å². The van der Waals surface area contributed by atoms with Crippen molar-refractivity contribution in [1.29, 1.82) is 0 Å². The van der Waals surface area contributed by atoms with Gasteiger partial charge in [0, 0.05) is 16.7 Å². The standard InChI is InChI=1S/C19H19FN2O3S3/c20-14-5-3-13(4-6-14)7-8-22-16-11-28(24,25)12-17(16)27-19(22)21-18(23)10-15-2-1-9-26-15/h1-6,9,16-17H,7-8,10-12H2. The van der Waals surface area contributed by atoms with Crippen LogP contribution >= 0.6 is 23.1 Å². The van der Waals surface area contributed by atoms with Gasteiger partial charge in [-0.05, 0) is 35.6 Å². The molecule has 28 heavy (non-hydrogen) atoms. The highest BCUT2D eigenvalue weighted by molar-refractivity contribution is 8.15. The largest absolute Gasteiger partial charge is 0.346 e. The van der Waals surface area contributed by atoms with Crippen molar-refractivity contribution in [1.82, 2.24) is 4.90 Å². The van der Waals surface area contributed by atoms with Gasteiger partial charge in [0.25, 0.3) is 5.91 Å². The van der Waals surface area contributed by atoms with Gasteiger partial charge in [-0.1, -0.05) is 30.0 Å². The maximum atomic E-state index is 13.1. The van der Waals surface area contributed by atoms with Crippen molar-refractivity contribution in [2.75, 3.05) is 18.1 Å². The molecule has 0 N–H and O–H groups in total. The quantitative estimate of drug-likeness (QED) is 0.718. The number of carbonyl (C=O) groups excluding carboxylic acids is 1. The normalized spacial score (nSPS) is 24.6. The number of hydrogen-bond donors (Lipinski definition) is 0. The fraction of sp³-hybridized carbons (Fsp3) is 0.368. The van der Waals surface area contributed by atoms with Crippen molar-refractivity contribution < 1.29 is 17.6 Å². The van der Waals surface area contributed by atoms with E-state index in [1.165, 1.54) is 35.2 Å². The van der Waals surface area contributed by atoms with E-state index in [-0.39, 0.29) is 40.9 Å². The average molecular weight is 439 g/mol. The van der Waals surface area contributed by atoms with E-state index in [4.69, 9.17) is 0 Å². The fourth-order valence-corrected chi connectivity index (χ4v) is 8.20. The van der Waals surface area contributed by atoms with Crippen molar-refractivity contribution in [3.05, 3.63) is 58.0 Å². The van der Waals surface area contributed by atoms with E-state index in [0.29, 0.717) is 18.1 Å². The predicted molar refractivity (Wildman–Crippen MR) is 111 cm³/mol. The molecule has 2 fully saturated rings. The summed E-state index contributed by atoms with van der Waals surface area (Å²) in [5, 5.41) is 2.43. The lowest BCUT2D eigenvalue weighted by atomic mass is 10.1. The number of thiophene rings is 1. The summed E-state index contributed by atoms with van der Waals surface area (Å²) in [5.41, 5.74) is 0.958. The molecule has 1 amide bonds. The first-order chi connectivity index (χ1) is 13.4. The molecule has 1 aromatic carbocycles. The average Bonchev–Trinajstić information content (AvgIpc) is 3.30. The summed E-state index contributed by atoms with van der Waals surface area (Å²) < 4.78 is 37.2. The van der Waals surface area contributed by atoms with E-state index in [1.807, 2.05) is 22.4 Å². The highest BCUT2D eigenvalue weighted by atomic mass is 32.2. The second kappa shape index (κ2) is 7.96. The van der Waals surface area contributed by atoms with E-state index in [9.17, 15) is 17.6 Å². The van der Waals surface area contributed by atoms with Crippen LogP contribution in [0.4, 0.5) is 4.39 Å². The minimum atomic E-state index is -3.07. The van der Waals surface area contributed by atoms with Gasteiger partial charge in [-0.2, -0.15) is 4.99 Å². The maximum absolute atomic E-state index is 13.1. The van der Waals surface area contributed by atoms with Crippen molar-refractivity contribution in [2.45, 2.75) is 24.1 Å². The van der Waals surface area contributed by atoms with Gasteiger partial charge in [0.2, 0.25) is 0 Å². The van der Waals surface area contributed by atoms with Crippen LogP contribution in [0.5, 0.6) is 0 Å². The minimum absolute atomic E-state index is 0.0895. The molecule has 2 aromatic rings. The topological polar surface area (TPSA) is 66.8 Å². The molecule has 0 aliphatic carbocycles. The zero-order chi connectivity index (χ0) is 19.7. The van der Waals surface area contributed by atoms with Crippen LogP contribution in [0.25, 0.3) is 0 Å². The summed E-state index contributed by atoms with van der Waals surface area (Å²) in [4.78, 5) is 19.6. The predicted octanol–water partition coefficient (Wildman–Crippen LogP) is 2.77. The first-order valence-electron chi connectivity index (χ1n) is 8.92. The number of benzene rings is 1. The Morgan fingerprint density at radius 2 is 2.00 bits per heavy atom. The zero-order valence-electron chi connectivity index (χ0n) is 15.0. The third-order valence-electron chi connectivity index (χ3n) is 4.86. The van der Waals surface area contributed by atoms with E-state index < -0.39 is 9.84 Å². The molecule has 0 saturated carbocycles. The van der Waals surface area contributed by atoms with Crippen molar-refractivity contribution >= 4 is 44.0 Å². The van der Waals surface area contributed by atoms with Crippen LogP contribution in [0.2, 0.25) is 0 Å². The fourth-order valence-electron chi connectivity index (χ4n) is 3.51. The molecule has 9 heteroatoms. The van der Waals surface area contributed by atoms with E-state index >= 15 is 0 Å². The number of carbonyl (C=O) groups is 1. The molecule has 5 nitrogen and oxygen atoms in total. The smallest absolute Gasteiger partial charge is 0.253 e. The first-order valence-corrected chi connectivity index (χ1v) is 12.5. The Morgan fingerprint density at radius 3 is 2.71 bits per heavy atom. The third kappa shape index (κ3) is 4.47. The Morgan fingerprint density at radius 1 is 1.21 bits per heavy atom. The zero-order valence-corrected chi connectivity index (χ0v) is 17.4. The Kier molecular flexibility index (Phi) is 5.57. The molecule has 2 aliphatic rings. The summed E-state index contributed by atoms with van der Waals surface area (Å²) in [6.07, 6.45) is 0.878. The third-order valence-corrected chi connectivity index (χ3v) is 8.98. The minimum Gasteiger partial charge on any atom is -0.346 e. The number of nitrogens with zero attached hydrogens (tertiary/aromatic N) is 2. The monoisotopic (exact) mass is 438 g/mol. The Bertz CT molecular complexity index is 988. The van der Waals surface area contributed by atoms with E-state index in [0.717, 1.165) is 10.4 Å². The molecule has 2 unspecified atom stereocenters. The molecular weight excluding hydrogens is 419 g/mol. The summed E-state index contributed by atoms with van der Waals surface area (Å²) in [5.74, 6) is -0.303. The van der Waals surface area contributed by atoms with E-state index in [2.05, 4.69) is 4.99 Å². The van der Waals surface area contributed by atoms with Gasteiger partial charge in [-0.15, -0.1) is 11.3 Å². The van der Waals surface area contributed by atoms with Crippen molar-refractivity contribution in [2.24, 2.45) is 4.99 Å². The molecule has 3 heterocycles. The van der Waals surface area contributed by atoms with Crippen molar-refractivity contribution in [3.63, 3.8) is 0 Å². The second-order valence-corrected chi connectivity index (χ2v) is 11.3. The number of amides is 1. The molecule has 0 radical (unpaired) electrons. The van der Waals surface area contributed by atoms with Crippen LogP contribution in [-0.4, -0.2) is 53.7 Å². The molecule has 148 valence electrons. The van der Waals surface area contributed by atoms with Crippen LogP contribution in [0.3, 0.4) is 0 Å². The van der Waals surface area contributed by atoms with Crippen molar-refractivity contribution in [3.8, 4) is 0 Å². The Balaban J connectivity index is 1.51. The Labute approximate surface area is 171 Å². The summed E-state index contributed by atoms with van der Waals surface area (Å²) in [6.45, 7) is 0.542. The number of thioether (sulfide) groups is 1. The highest BCUT2D eigenvalue weighted by Gasteiger charge is 2.48. The molecule has 2 saturated heterocycles. The SMILES string of the molecule is O=C(Cc1cccs1)N=C1SC2CS(=O)(=O)CC2N1CCc1ccc(F)cc1. The molecule has 4 rings (SSSR count). The maximum Gasteiger partial charge on any atom is 0.253 e. The number of aliphatic imine (C=N–C) groups is 1. The van der Waals surface area contributed by atoms with Gasteiger partial charge < -0.3 is 4.90 Å².